The molecule has 1 heterocycles. The summed E-state index contributed by atoms with van der Waals surface area (Å²) in [6, 6.07) is 7.33. The maximum Gasteiger partial charge on any atom is 0.273 e. The predicted octanol–water partition coefficient (Wildman–Crippen LogP) is 0.550. The van der Waals surface area contributed by atoms with E-state index >= 15 is 0 Å². The van der Waals surface area contributed by atoms with E-state index in [1.54, 1.807) is 14.0 Å². The maximum absolute atomic E-state index is 12.1. The number of ether oxygens (including phenoxy) is 2. The molecule has 8 heteroatoms. The Bertz CT molecular complexity index is 654. The number of hydrogen-bond acceptors (Lipinski definition) is 6. The molecule has 24 heavy (non-hydrogen) atoms. The number of nitrogens with zero attached hydrogens (tertiary/aromatic N) is 3. The van der Waals surface area contributed by atoms with Crippen molar-refractivity contribution in [3.8, 4) is 11.4 Å². The Kier molecular flexibility index (Phi) is 6.71. The lowest BCUT2D eigenvalue weighted by Gasteiger charge is -2.06. The summed E-state index contributed by atoms with van der Waals surface area (Å²) in [5.74, 6) is 0.512. The van der Waals surface area contributed by atoms with E-state index in [2.05, 4.69) is 20.8 Å². The minimum absolute atomic E-state index is 0.228. The van der Waals surface area contributed by atoms with Crippen molar-refractivity contribution >= 4 is 5.91 Å². The third kappa shape index (κ3) is 4.77. The van der Waals surface area contributed by atoms with E-state index in [0.29, 0.717) is 37.7 Å². The van der Waals surface area contributed by atoms with Gasteiger partial charge in [0.1, 0.15) is 12.4 Å². The van der Waals surface area contributed by atoms with Crippen LogP contribution in [0.15, 0.2) is 24.3 Å². The van der Waals surface area contributed by atoms with Gasteiger partial charge in [-0.2, -0.15) is 9.90 Å². The highest BCUT2D eigenvalue weighted by molar-refractivity contribution is 5.93. The molecule has 8 nitrogen and oxygen atoms in total. The van der Waals surface area contributed by atoms with Gasteiger partial charge in [-0.1, -0.05) is 0 Å². The number of carbonyl (C=O) groups is 1. The van der Waals surface area contributed by atoms with Crippen LogP contribution < -0.4 is 15.4 Å². The van der Waals surface area contributed by atoms with Crippen LogP contribution in [0.25, 0.3) is 5.69 Å². The Labute approximate surface area is 141 Å². The molecule has 2 N–H and O–H groups in total. The highest BCUT2D eigenvalue weighted by Gasteiger charge is 2.15. The number of hydrogen-bond donors (Lipinski definition) is 2. The van der Waals surface area contributed by atoms with Crippen LogP contribution in [0.4, 0.5) is 0 Å². The summed E-state index contributed by atoms with van der Waals surface area (Å²) in [6.45, 7) is 4.02. The number of amides is 1. The molecule has 0 aliphatic heterocycles. The van der Waals surface area contributed by atoms with Crippen molar-refractivity contribution in [2.75, 3.05) is 40.5 Å². The Morgan fingerprint density at radius 2 is 1.92 bits per heavy atom. The lowest BCUT2D eigenvalue weighted by atomic mass is 10.3. The van der Waals surface area contributed by atoms with Crippen LogP contribution >= 0.6 is 0 Å². The van der Waals surface area contributed by atoms with Gasteiger partial charge in [0.2, 0.25) is 0 Å². The van der Waals surface area contributed by atoms with Gasteiger partial charge in [0.25, 0.3) is 5.91 Å². The van der Waals surface area contributed by atoms with Crippen LogP contribution in [0.2, 0.25) is 0 Å². The molecule has 2 rings (SSSR count). The Balaban J connectivity index is 2.04. The first-order valence-electron chi connectivity index (χ1n) is 7.74. The third-order valence-corrected chi connectivity index (χ3v) is 3.28. The number of benzene rings is 1. The van der Waals surface area contributed by atoms with Gasteiger partial charge in [-0.3, -0.25) is 4.79 Å². The zero-order chi connectivity index (χ0) is 17.4. The highest BCUT2D eigenvalue weighted by Crippen LogP contribution is 2.15. The number of aromatic nitrogens is 3. The molecule has 0 radical (unpaired) electrons. The zero-order valence-corrected chi connectivity index (χ0v) is 14.2. The summed E-state index contributed by atoms with van der Waals surface area (Å²) in [4.78, 5) is 13.5. The minimum Gasteiger partial charge on any atom is -0.491 e. The molecule has 130 valence electrons. The topological polar surface area (TPSA) is 90.3 Å². The van der Waals surface area contributed by atoms with Crippen LogP contribution in [0.3, 0.4) is 0 Å². The summed E-state index contributed by atoms with van der Waals surface area (Å²) in [5, 5.41) is 14.3. The molecule has 1 aromatic carbocycles. The van der Waals surface area contributed by atoms with Gasteiger partial charge in [0.15, 0.2) is 5.69 Å². The molecule has 0 saturated carbocycles. The normalized spacial score (nSPS) is 10.6. The maximum atomic E-state index is 12.1. The van der Waals surface area contributed by atoms with Gasteiger partial charge in [-0.25, -0.2) is 0 Å². The average Bonchev–Trinajstić information content (AvgIpc) is 2.98. The molecule has 0 spiro atoms. The van der Waals surface area contributed by atoms with Crippen molar-refractivity contribution in [3.05, 3.63) is 35.7 Å². The summed E-state index contributed by atoms with van der Waals surface area (Å²) in [7, 11) is 3.46. The lowest BCUT2D eigenvalue weighted by Crippen LogP contribution is -2.31. The van der Waals surface area contributed by atoms with Crippen molar-refractivity contribution < 1.29 is 14.3 Å². The first-order chi connectivity index (χ1) is 11.7. The number of aryl methyl sites for hydroxylation is 1. The fourth-order valence-corrected chi connectivity index (χ4v) is 2.01. The second-order valence-electron chi connectivity index (χ2n) is 5.12. The molecule has 1 aromatic heterocycles. The van der Waals surface area contributed by atoms with Gasteiger partial charge in [-0.15, -0.1) is 5.10 Å². The van der Waals surface area contributed by atoms with Gasteiger partial charge >= 0.3 is 0 Å². The molecule has 0 saturated heterocycles. The van der Waals surface area contributed by atoms with Crippen molar-refractivity contribution in [1.82, 2.24) is 25.6 Å². The van der Waals surface area contributed by atoms with E-state index in [1.807, 2.05) is 31.3 Å². The standard InChI is InChI=1S/C16H23N5O3/c1-12-15(16(22)18-9-8-17-2)20-21(19-12)13-4-6-14(7-5-13)24-11-10-23-3/h4-7,17H,8-11H2,1-3H3,(H,18,22). The molecular formula is C16H23N5O3. The third-order valence-electron chi connectivity index (χ3n) is 3.28. The monoisotopic (exact) mass is 333 g/mol. The zero-order valence-electron chi connectivity index (χ0n) is 14.2. The molecule has 2 aromatic rings. The van der Waals surface area contributed by atoms with Crippen LogP contribution in [0, 0.1) is 6.92 Å². The van der Waals surface area contributed by atoms with Crippen molar-refractivity contribution in [2.24, 2.45) is 0 Å². The second kappa shape index (κ2) is 8.99. The molecule has 0 aliphatic rings. The predicted molar refractivity (Wildman–Crippen MR) is 89.7 cm³/mol. The number of carbonyl (C=O) groups excluding carboxylic acids is 1. The molecule has 1 amide bonds. The summed E-state index contributed by atoms with van der Waals surface area (Å²) >= 11 is 0. The Hall–Kier alpha value is -2.45. The first kappa shape index (κ1) is 17.9. The van der Waals surface area contributed by atoms with E-state index in [9.17, 15) is 4.79 Å². The number of methoxy groups -OCH3 is 1. The average molecular weight is 333 g/mol. The molecular weight excluding hydrogens is 310 g/mol. The van der Waals surface area contributed by atoms with Crippen LogP contribution in [-0.2, 0) is 4.74 Å². The van der Waals surface area contributed by atoms with Gasteiger partial charge in [0.05, 0.1) is 18.0 Å². The molecule has 0 atom stereocenters. The fourth-order valence-electron chi connectivity index (χ4n) is 2.01. The Morgan fingerprint density at radius 1 is 1.17 bits per heavy atom. The smallest absolute Gasteiger partial charge is 0.273 e. The Morgan fingerprint density at radius 3 is 2.58 bits per heavy atom. The fraction of sp³-hybridized carbons (Fsp3) is 0.438. The second-order valence-corrected chi connectivity index (χ2v) is 5.12. The SMILES string of the molecule is CNCCNC(=O)c1nn(-c2ccc(OCCOC)cc2)nc1C. The van der Waals surface area contributed by atoms with Crippen LogP contribution in [0.5, 0.6) is 5.75 Å². The van der Waals surface area contributed by atoms with Gasteiger partial charge in [-0.05, 0) is 38.2 Å². The van der Waals surface area contributed by atoms with E-state index in [4.69, 9.17) is 9.47 Å². The minimum atomic E-state index is -0.228. The van der Waals surface area contributed by atoms with Crippen LogP contribution in [-0.4, -0.2) is 61.4 Å². The van der Waals surface area contributed by atoms with E-state index in [1.165, 1.54) is 4.80 Å². The summed E-state index contributed by atoms with van der Waals surface area (Å²) in [6.07, 6.45) is 0. The number of nitrogens with one attached hydrogen (secondary N) is 2. The van der Waals surface area contributed by atoms with Crippen molar-refractivity contribution in [2.45, 2.75) is 6.92 Å². The lowest BCUT2D eigenvalue weighted by molar-refractivity contribution is 0.0948. The van der Waals surface area contributed by atoms with E-state index in [0.717, 1.165) is 11.4 Å². The van der Waals surface area contributed by atoms with Crippen molar-refractivity contribution in [3.63, 3.8) is 0 Å². The molecule has 0 aliphatic carbocycles. The number of rotatable bonds is 9. The van der Waals surface area contributed by atoms with E-state index in [-0.39, 0.29) is 5.91 Å². The molecule has 0 bridgehead atoms. The number of likely N-dealkylation sites (N-methyl/N-ethyl adjacent to an activating group) is 1. The van der Waals surface area contributed by atoms with Gasteiger partial charge in [0, 0.05) is 20.2 Å². The first-order valence-corrected chi connectivity index (χ1v) is 7.74. The quantitative estimate of drug-likeness (QED) is 0.651. The molecule has 0 unspecified atom stereocenters. The van der Waals surface area contributed by atoms with Crippen LogP contribution in [0.1, 0.15) is 16.2 Å². The van der Waals surface area contributed by atoms with E-state index < -0.39 is 0 Å². The highest BCUT2D eigenvalue weighted by atomic mass is 16.5. The van der Waals surface area contributed by atoms with Gasteiger partial charge < -0.3 is 20.1 Å². The largest absolute Gasteiger partial charge is 0.491 e. The molecule has 0 fully saturated rings. The van der Waals surface area contributed by atoms with Crippen molar-refractivity contribution in [1.29, 1.82) is 0 Å². The summed E-state index contributed by atoms with van der Waals surface area (Å²) in [5.41, 5.74) is 1.66. The summed E-state index contributed by atoms with van der Waals surface area (Å²) < 4.78 is 10.5.